The summed E-state index contributed by atoms with van der Waals surface area (Å²) in [6.45, 7) is 7.39. The fraction of sp³-hybridized carbons (Fsp3) is 0.467. The van der Waals surface area contributed by atoms with E-state index in [2.05, 4.69) is 43.7 Å². The van der Waals surface area contributed by atoms with Gasteiger partial charge in [-0.3, -0.25) is 4.90 Å². The third-order valence-corrected chi connectivity index (χ3v) is 3.95. The van der Waals surface area contributed by atoms with Crippen LogP contribution in [0.25, 0.3) is 11.6 Å². The summed E-state index contributed by atoms with van der Waals surface area (Å²) in [5.74, 6) is 4.10. The van der Waals surface area contributed by atoms with Gasteiger partial charge in [0.1, 0.15) is 11.6 Å². The summed E-state index contributed by atoms with van der Waals surface area (Å²) in [7, 11) is 0. The van der Waals surface area contributed by atoms with Gasteiger partial charge in [-0.05, 0) is 12.1 Å². The standard InChI is InChI=1S/C15H18N6O2/c1-10(2)15-18-17-12-8-20(5-6-21(12)15)9-13-16-14(19-23-13)11-4-3-7-22-11/h3-4,7,10H,5-6,8-9H2,1-2H3. The van der Waals surface area contributed by atoms with E-state index in [-0.39, 0.29) is 0 Å². The van der Waals surface area contributed by atoms with Gasteiger partial charge in [-0.2, -0.15) is 4.98 Å². The number of hydrogen-bond acceptors (Lipinski definition) is 7. The van der Waals surface area contributed by atoms with Crippen LogP contribution < -0.4 is 0 Å². The van der Waals surface area contributed by atoms with Crippen molar-refractivity contribution in [1.82, 2.24) is 29.8 Å². The predicted octanol–water partition coefficient (Wildman–Crippen LogP) is 2.06. The van der Waals surface area contributed by atoms with Gasteiger partial charge in [0.25, 0.3) is 0 Å². The molecule has 0 fully saturated rings. The molecule has 0 atom stereocenters. The summed E-state index contributed by atoms with van der Waals surface area (Å²) in [4.78, 5) is 6.61. The first-order chi connectivity index (χ1) is 11.2. The zero-order valence-electron chi connectivity index (χ0n) is 13.1. The Morgan fingerprint density at radius 1 is 1.26 bits per heavy atom. The van der Waals surface area contributed by atoms with Gasteiger partial charge < -0.3 is 13.5 Å². The Bertz CT molecular complexity index is 789. The Balaban J connectivity index is 1.46. The van der Waals surface area contributed by atoms with Crippen LogP contribution in [0, 0.1) is 0 Å². The van der Waals surface area contributed by atoms with Gasteiger partial charge in [-0.25, -0.2) is 0 Å². The fourth-order valence-electron chi connectivity index (χ4n) is 2.81. The maximum absolute atomic E-state index is 5.32. The second kappa shape index (κ2) is 5.62. The molecule has 0 N–H and O–H groups in total. The average Bonchev–Trinajstić information content (AvgIpc) is 3.27. The number of fused-ring (bicyclic) bond motifs is 1. The third-order valence-electron chi connectivity index (χ3n) is 3.95. The van der Waals surface area contributed by atoms with E-state index in [1.807, 2.05) is 6.07 Å². The van der Waals surface area contributed by atoms with Crippen molar-refractivity contribution in [2.45, 2.75) is 39.4 Å². The minimum atomic E-state index is 0.384. The van der Waals surface area contributed by atoms with Gasteiger partial charge >= 0.3 is 0 Å². The molecule has 8 nitrogen and oxygen atoms in total. The van der Waals surface area contributed by atoms with E-state index in [9.17, 15) is 0 Å². The molecule has 0 saturated carbocycles. The summed E-state index contributed by atoms with van der Waals surface area (Å²) in [6, 6.07) is 3.61. The van der Waals surface area contributed by atoms with Gasteiger partial charge in [0.05, 0.1) is 19.4 Å². The number of nitrogens with zero attached hydrogens (tertiary/aromatic N) is 6. The highest BCUT2D eigenvalue weighted by atomic mass is 16.5. The molecule has 0 aromatic carbocycles. The molecule has 23 heavy (non-hydrogen) atoms. The Hall–Kier alpha value is -2.48. The highest BCUT2D eigenvalue weighted by molar-refractivity contribution is 5.44. The zero-order valence-corrected chi connectivity index (χ0v) is 13.1. The summed E-state index contributed by atoms with van der Waals surface area (Å²) in [5.41, 5.74) is 0. The lowest BCUT2D eigenvalue weighted by molar-refractivity contribution is 0.181. The number of aromatic nitrogens is 5. The molecule has 0 amide bonds. The van der Waals surface area contributed by atoms with Gasteiger partial charge in [-0.1, -0.05) is 19.0 Å². The summed E-state index contributed by atoms with van der Waals surface area (Å²) in [6.07, 6.45) is 1.59. The van der Waals surface area contributed by atoms with E-state index in [1.54, 1.807) is 12.3 Å². The van der Waals surface area contributed by atoms with Crippen LogP contribution in [0.5, 0.6) is 0 Å². The monoisotopic (exact) mass is 314 g/mol. The van der Waals surface area contributed by atoms with Crippen LogP contribution in [0.3, 0.4) is 0 Å². The van der Waals surface area contributed by atoms with Crippen molar-refractivity contribution in [2.75, 3.05) is 6.54 Å². The van der Waals surface area contributed by atoms with Crippen molar-refractivity contribution in [3.8, 4) is 11.6 Å². The molecule has 4 rings (SSSR count). The molecule has 0 aliphatic carbocycles. The normalized spacial score (nSPS) is 15.3. The summed E-state index contributed by atoms with van der Waals surface area (Å²) >= 11 is 0. The average molecular weight is 314 g/mol. The quantitative estimate of drug-likeness (QED) is 0.728. The van der Waals surface area contributed by atoms with E-state index >= 15 is 0 Å². The van der Waals surface area contributed by atoms with Crippen LogP contribution in [0.1, 0.15) is 37.3 Å². The molecule has 0 unspecified atom stereocenters. The van der Waals surface area contributed by atoms with Crippen LogP contribution in [0.2, 0.25) is 0 Å². The maximum atomic E-state index is 5.32. The van der Waals surface area contributed by atoms with Crippen molar-refractivity contribution in [3.63, 3.8) is 0 Å². The van der Waals surface area contributed by atoms with E-state index in [0.29, 0.717) is 29.9 Å². The first kappa shape index (κ1) is 14.1. The molecular formula is C15H18N6O2. The molecule has 0 radical (unpaired) electrons. The summed E-state index contributed by atoms with van der Waals surface area (Å²) < 4.78 is 12.8. The highest BCUT2D eigenvalue weighted by Gasteiger charge is 2.24. The minimum absolute atomic E-state index is 0.384. The molecule has 1 aliphatic rings. The van der Waals surface area contributed by atoms with E-state index in [0.717, 1.165) is 31.3 Å². The molecule has 0 spiro atoms. The lowest BCUT2D eigenvalue weighted by Crippen LogP contribution is -2.34. The van der Waals surface area contributed by atoms with E-state index in [4.69, 9.17) is 8.94 Å². The topological polar surface area (TPSA) is 86.0 Å². The molecule has 8 heteroatoms. The lowest BCUT2D eigenvalue weighted by atomic mass is 10.2. The zero-order chi connectivity index (χ0) is 15.8. The second-order valence-electron chi connectivity index (χ2n) is 5.98. The van der Waals surface area contributed by atoms with Gasteiger partial charge in [0.2, 0.25) is 11.7 Å². The van der Waals surface area contributed by atoms with Crippen molar-refractivity contribution < 1.29 is 8.94 Å². The Morgan fingerprint density at radius 3 is 2.96 bits per heavy atom. The largest absolute Gasteiger partial charge is 0.461 e. The Kier molecular flexibility index (Phi) is 3.45. The lowest BCUT2D eigenvalue weighted by Gasteiger charge is -2.26. The number of hydrogen-bond donors (Lipinski definition) is 0. The van der Waals surface area contributed by atoms with E-state index < -0.39 is 0 Å². The second-order valence-corrected chi connectivity index (χ2v) is 5.98. The smallest absolute Gasteiger partial charge is 0.241 e. The third kappa shape index (κ3) is 2.65. The molecule has 4 heterocycles. The number of furan rings is 1. The summed E-state index contributed by atoms with van der Waals surface area (Å²) in [5, 5.41) is 12.6. The van der Waals surface area contributed by atoms with Gasteiger partial charge in [0, 0.05) is 19.0 Å². The number of rotatable bonds is 4. The highest BCUT2D eigenvalue weighted by Crippen LogP contribution is 2.20. The molecular weight excluding hydrogens is 296 g/mol. The van der Waals surface area contributed by atoms with Crippen molar-refractivity contribution >= 4 is 0 Å². The fourth-order valence-corrected chi connectivity index (χ4v) is 2.81. The first-order valence-corrected chi connectivity index (χ1v) is 7.71. The van der Waals surface area contributed by atoms with Gasteiger partial charge in [-0.15, -0.1) is 10.2 Å². The molecule has 0 saturated heterocycles. The minimum Gasteiger partial charge on any atom is -0.461 e. The van der Waals surface area contributed by atoms with Crippen LogP contribution in [-0.2, 0) is 19.6 Å². The molecule has 3 aromatic rings. The predicted molar refractivity (Wildman–Crippen MR) is 80.2 cm³/mol. The van der Waals surface area contributed by atoms with Crippen LogP contribution >= 0.6 is 0 Å². The molecule has 120 valence electrons. The van der Waals surface area contributed by atoms with Crippen molar-refractivity contribution in [1.29, 1.82) is 0 Å². The Morgan fingerprint density at radius 2 is 2.17 bits per heavy atom. The van der Waals surface area contributed by atoms with Crippen LogP contribution in [0.4, 0.5) is 0 Å². The molecule has 1 aliphatic heterocycles. The SMILES string of the molecule is CC(C)c1nnc2n1CCN(Cc1nc(-c3ccco3)no1)C2. The molecule has 0 bridgehead atoms. The van der Waals surface area contributed by atoms with Crippen LogP contribution in [-0.4, -0.2) is 36.3 Å². The van der Waals surface area contributed by atoms with Crippen LogP contribution in [0.15, 0.2) is 27.3 Å². The first-order valence-electron chi connectivity index (χ1n) is 7.71. The maximum Gasteiger partial charge on any atom is 0.241 e. The van der Waals surface area contributed by atoms with Crippen molar-refractivity contribution in [2.24, 2.45) is 0 Å². The van der Waals surface area contributed by atoms with Crippen molar-refractivity contribution in [3.05, 3.63) is 35.9 Å². The van der Waals surface area contributed by atoms with E-state index in [1.165, 1.54) is 0 Å². The Labute approximate surface area is 133 Å². The molecule has 3 aromatic heterocycles. The van der Waals surface area contributed by atoms with Gasteiger partial charge in [0.15, 0.2) is 5.76 Å².